The largest absolute Gasteiger partial charge is 0.329 e. The van der Waals surface area contributed by atoms with Gasteiger partial charge in [-0.05, 0) is 56.8 Å². The molecule has 2 fully saturated rings. The van der Waals surface area contributed by atoms with Crippen molar-refractivity contribution in [3.63, 3.8) is 0 Å². The zero-order valence-electron chi connectivity index (χ0n) is 14.2. The molecule has 1 heterocycles. The third-order valence-electron chi connectivity index (χ3n) is 6.50. The number of piperidine rings is 1. The van der Waals surface area contributed by atoms with Crippen molar-refractivity contribution >= 4 is 0 Å². The maximum absolute atomic E-state index is 6.04. The second kappa shape index (κ2) is 6.79. The molecule has 1 aliphatic carbocycles. The molecule has 2 nitrogen and oxygen atoms in total. The van der Waals surface area contributed by atoms with Crippen LogP contribution in [0.2, 0.25) is 0 Å². The van der Waals surface area contributed by atoms with Crippen LogP contribution in [0.4, 0.5) is 0 Å². The molecular weight excluding hydrogens is 244 g/mol. The summed E-state index contributed by atoms with van der Waals surface area (Å²) in [6.45, 7) is 10.5. The number of hydrogen-bond donors (Lipinski definition) is 1. The Bertz CT molecular complexity index is 292. The Kier molecular flexibility index (Phi) is 5.53. The third-order valence-corrected chi connectivity index (χ3v) is 6.50. The Hall–Kier alpha value is -0.0800. The van der Waals surface area contributed by atoms with Gasteiger partial charge in [-0.3, -0.25) is 4.90 Å². The highest BCUT2D eigenvalue weighted by Gasteiger charge is 2.37. The van der Waals surface area contributed by atoms with E-state index >= 15 is 0 Å². The smallest absolute Gasteiger partial charge is 0.0224 e. The molecule has 2 heteroatoms. The van der Waals surface area contributed by atoms with Crippen molar-refractivity contribution in [2.24, 2.45) is 17.1 Å². The van der Waals surface area contributed by atoms with Gasteiger partial charge in [0, 0.05) is 24.7 Å². The maximum atomic E-state index is 6.04. The van der Waals surface area contributed by atoms with Gasteiger partial charge in [0.1, 0.15) is 0 Å². The first kappa shape index (κ1) is 16.3. The van der Waals surface area contributed by atoms with Crippen molar-refractivity contribution in [1.29, 1.82) is 0 Å². The minimum atomic E-state index is 0.533. The van der Waals surface area contributed by atoms with Crippen LogP contribution in [0.1, 0.15) is 79.1 Å². The Labute approximate surface area is 126 Å². The monoisotopic (exact) mass is 280 g/mol. The number of rotatable bonds is 4. The number of likely N-dealkylation sites (tertiary alicyclic amines) is 1. The fourth-order valence-corrected chi connectivity index (χ4v) is 4.65. The van der Waals surface area contributed by atoms with Crippen molar-refractivity contribution in [1.82, 2.24) is 4.90 Å². The molecule has 0 aromatic rings. The lowest BCUT2D eigenvalue weighted by Gasteiger charge is -2.49. The summed E-state index contributed by atoms with van der Waals surface area (Å²) in [5.74, 6) is 0.931. The number of hydrogen-bond acceptors (Lipinski definition) is 2. The standard InChI is InChI=1S/C18H36N2/c1-5-18(3,4)15-9-11-16(12-10-15)20-14(2)7-6-8-17(20)13-19/h14-17H,5-13,19H2,1-4H3. The van der Waals surface area contributed by atoms with Gasteiger partial charge in [0.15, 0.2) is 0 Å². The van der Waals surface area contributed by atoms with Gasteiger partial charge in [0.25, 0.3) is 0 Å². The number of nitrogens with zero attached hydrogens (tertiary/aromatic N) is 1. The van der Waals surface area contributed by atoms with Gasteiger partial charge in [-0.25, -0.2) is 0 Å². The van der Waals surface area contributed by atoms with E-state index in [-0.39, 0.29) is 0 Å². The van der Waals surface area contributed by atoms with Crippen molar-refractivity contribution in [2.45, 2.75) is 97.2 Å². The van der Waals surface area contributed by atoms with E-state index in [1.54, 1.807) is 0 Å². The molecule has 2 aliphatic rings. The van der Waals surface area contributed by atoms with Gasteiger partial charge in [-0.2, -0.15) is 0 Å². The van der Waals surface area contributed by atoms with Crippen molar-refractivity contribution in [3.8, 4) is 0 Å². The first-order valence-electron chi connectivity index (χ1n) is 8.97. The van der Waals surface area contributed by atoms with Gasteiger partial charge in [0.05, 0.1) is 0 Å². The molecule has 2 rings (SSSR count). The molecule has 0 radical (unpaired) electrons. The molecule has 0 aromatic heterocycles. The van der Waals surface area contributed by atoms with Crippen LogP contribution in [-0.4, -0.2) is 29.6 Å². The summed E-state index contributed by atoms with van der Waals surface area (Å²) in [5.41, 5.74) is 6.57. The highest BCUT2D eigenvalue weighted by atomic mass is 15.2. The fraction of sp³-hybridized carbons (Fsp3) is 1.00. The molecule has 0 spiro atoms. The SMILES string of the molecule is CCC(C)(C)C1CCC(N2C(C)CCCC2CN)CC1. The molecule has 0 amide bonds. The summed E-state index contributed by atoms with van der Waals surface area (Å²) in [5, 5.41) is 0. The summed E-state index contributed by atoms with van der Waals surface area (Å²) in [4.78, 5) is 2.80. The Morgan fingerprint density at radius 3 is 2.25 bits per heavy atom. The molecule has 118 valence electrons. The van der Waals surface area contributed by atoms with Crippen LogP contribution in [0.5, 0.6) is 0 Å². The van der Waals surface area contributed by atoms with Gasteiger partial charge < -0.3 is 5.73 Å². The van der Waals surface area contributed by atoms with E-state index in [4.69, 9.17) is 5.73 Å². The van der Waals surface area contributed by atoms with Crippen molar-refractivity contribution < 1.29 is 0 Å². The molecule has 0 aromatic carbocycles. The van der Waals surface area contributed by atoms with E-state index in [0.717, 1.165) is 24.5 Å². The van der Waals surface area contributed by atoms with Gasteiger partial charge in [0.2, 0.25) is 0 Å². The maximum Gasteiger partial charge on any atom is 0.0224 e. The molecule has 2 unspecified atom stereocenters. The topological polar surface area (TPSA) is 29.3 Å². The van der Waals surface area contributed by atoms with Crippen LogP contribution in [0.25, 0.3) is 0 Å². The zero-order chi connectivity index (χ0) is 14.8. The Balaban J connectivity index is 1.95. The first-order valence-corrected chi connectivity index (χ1v) is 8.97. The quantitative estimate of drug-likeness (QED) is 0.837. The average Bonchev–Trinajstić information content (AvgIpc) is 2.47. The molecule has 1 aliphatic heterocycles. The fourth-order valence-electron chi connectivity index (χ4n) is 4.65. The zero-order valence-corrected chi connectivity index (χ0v) is 14.2. The van der Waals surface area contributed by atoms with Crippen molar-refractivity contribution in [3.05, 3.63) is 0 Å². The highest BCUT2D eigenvalue weighted by Crippen LogP contribution is 2.42. The van der Waals surface area contributed by atoms with E-state index in [2.05, 4.69) is 32.6 Å². The van der Waals surface area contributed by atoms with Crippen LogP contribution < -0.4 is 5.73 Å². The number of nitrogens with two attached hydrogens (primary N) is 1. The summed E-state index contributed by atoms with van der Waals surface area (Å²) in [6, 6.07) is 2.21. The molecule has 1 saturated heterocycles. The molecule has 2 N–H and O–H groups in total. The lowest BCUT2D eigenvalue weighted by Crippen LogP contribution is -2.54. The molecule has 1 saturated carbocycles. The predicted molar refractivity (Wildman–Crippen MR) is 87.8 cm³/mol. The summed E-state index contributed by atoms with van der Waals surface area (Å²) in [6.07, 6.45) is 11.0. The van der Waals surface area contributed by atoms with E-state index in [1.165, 1.54) is 51.4 Å². The van der Waals surface area contributed by atoms with Gasteiger partial charge >= 0.3 is 0 Å². The van der Waals surface area contributed by atoms with Crippen LogP contribution in [0.3, 0.4) is 0 Å². The highest BCUT2D eigenvalue weighted by molar-refractivity contribution is 4.92. The van der Waals surface area contributed by atoms with E-state index in [9.17, 15) is 0 Å². The van der Waals surface area contributed by atoms with Gasteiger partial charge in [-0.15, -0.1) is 0 Å². The van der Waals surface area contributed by atoms with Crippen LogP contribution in [0, 0.1) is 11.3 Å². The van der Waals surface area contributed by atoms with E-state index < -0.39 is 0 Å². The molecule has 20 heavy (non-hydrogen) atoms. The Morgan fingerprint density at radius 1 is 1.05 bits per heavy atom. The van der Waals surface area contributed by atoms with Gasteiger partial charge in [-0.1, -0.05) is 33.6 Å². The summed E-state index contributed by atoms with van der Waals surface area (Å²) < 4.78 is 0. The van der Waals surface area contributed by atoms with Crippen LogP contribution in [-0.2, 0) is 0 Å². The van der Waals surface area contributed by atoms with Crippen LogP contribution >= 0.6 is 0 Å². The predicted octanol–water partition coefficient (Wildman–Crippen LogP) is 4.18. The minimum Gasteiger partial charge on any atom is -0.329 e. The first-order chi connectivity index (χ1) is 9.49. The van der Waals surface area contributed by atoms with Crippen molar-refractivity contribution in [2.75, 3.05) is 6.54 Å². The lowest BCUT2D eigenvalue weighted by molar-refractivity contribution is 0.0117. The molecule has 0 bridgehead atoms. The second-order valence-corrected chi connectivity index (χ2v) is 7.96. The van der Waals surface area contributed by atoms with Crippen LogP contribution in [0.15, 0.2) is 0 Å². The summed E-state index contributed by atoms with van der Waals surface area (Å²) in [7, 11) is 0. The average molecular weight is 280 g/mol. The molecular formula is C18H36N2. The Morgan fingerprint density at radius 2 is 1.70 bits per heavy atom. The molecule has 2 atom stereocenters. The minimum absolute atomic E-state index is 0.533. The third kappa shape index (κ3) is 3.39. The summed E-state index contributed by atoms with van der Waals surface area (Å²) >= 11 is 0. The van der Waals surface area contributed by atoms with E-state index in [1.807, 2.05) is 0 Å². The normalized spacial score (nSPS) is 37.0. The second-order valence-electron chi connectivity index (χ2n) is 7.96. The van der Waals surface area contributed by atoms with E-state index in [0.29, 0.717) is 11.5 Å². The lowest BCUT2D eigenvalue weighted by atomic mass is 9.68.